The van der Waals surface area contributed by atoms with Crippen molar-refractivity contribution in [3.63, 3.8) is 0 Å². The summed E-state index contributed by atoms with van der Waals surface area (Å²) in [6.45, 7) is 2.93. The predicted octanol–water partition coefficient (Wildman–Crippen LogP) is 1.95. The summed E-state index contributed by atoms with van der Waals surface area (Å²) in [6, 6.07) is 7.83. The van der Waals surface area contributed by atoms with E-state index in [0.29, 0.717) is 12.5 Å². The molecule has 0 saturated carbocycles. The summed E-state index contributed by atoms with van der Waals surface area (Å²) in [5, 5.41) is 10.9. The average molecular weight is 386 g/mol. The van der Waals surface area contributed by atoms with Crippen molar-refractivity contribution in [1.82, 2.24) is 25.4 Å². The molecule has 0 aliphatic carbocycles. The summed E-state index contributed by atoms with van der Waals surface area (Å²) in [5.74, 6) is 0.453. The molecule has 0 bridgehead atoms. The van der Waals surface area contributed by atoms with Crippen molar-refractivity contribution >= 4 is 30.7 Å². The summed E-state index contributed by atoms with van der Waals surface area (Å²) in [6.07, 6.45) is 6.75. The molecular weight excluding hydrogens is 361 g/mol. The molecule has 0 radical (unpaired) electrons. The number of aromatic nitrogens is 3. The van der Waals surface area contributed by atoms with Gasteiger partial charge in [0.25, 0.3) is 0 Å². The van der Waals surface area contributed by atoms with Crippen LogP contribution in [0.5, 0.6) is 0 Å². The maximum atomic E-state index is 12.0. The molecule has 1 atom stereocenters. The molecule has 2 aromatic heterocycles. The number of pyridine rings is 1. The lowest BCUT2D eigenvalue weighted by Gasteiger charge is -2.20. The number of hydrogen-bond donors (Lipinski definition) is 2. The summed E-state index contributed by atoms with van der Waals surface area (Å²) in [5.41, 5.74) is 2.07. The molecule has 8 heteroatoms. The topological polar surface area (TPSA) is 71.8 Å². The average Bonchev–Trinajstić information content (AvgIpc) is 3.05. The van der Waals surface area contributed by atoms with Gasteiger partial charge in [0.05, 0.1) is 5.69 Å². The van der Waals surface area contributed by atoms with Crippen LogP contribution in [-0.2, 0) is 17.8 Å². The molecule has 2 aromatic rings. The number of rotatable bonds is 6. The van der Waals surface area contributed by atoms with Gasteiger partial charge in [-0.05, 0) is 37.6 Å². The number of halogens is 2. The van der Waals surface area contributed by atoms with Crippen molar-refractivity contribution in [2.75, 3.05) is 19.6 Å². The molecule has 1 fully saturated rings. The van der Waals surface area contributed by atoms with Crippen LogP contribution < -0.4 is 10.6 Å². The van der Waals surface area contributed by atoms with E-state index in [2.05, 4.69) is 20.7 Å². The first-order valence-electron chi connectivity index (χ1n) is 8.22. The minimum Gasteiger partial charge on any atom is -0.354 e. The van der Waals surface area contributed by atoms with Crippen molar-refractivity contribution in [1.29, 1.82) is 0 Å². The Morgan fingerprint density at radius 1 is 1.32 bits per heavy atom. The van der Waals surface area contributed by atoms with Crippen LogP contribution in [0.25, 0.3) is 0 Å². The largest absolute Gasteiger partial charge is 0.354 e. The number of hydrogen-bond acceptors (Lipinski definition) is 4. The maximum Gasteiger partial charge on any atom is 0.241 e. The van der Waals surface area contributed by atoms with E-state index in [1.165, 1.54) is 12.8 Å². The van der Waals surface area contributed by atoms with Gasteiger partial charge in [0.1, 0.15) is 6.54 Å². The highest BCUT2D eigenvalue weighted by molar-refractivity contribution is 5.85. The number of carbonyl (C=O) groups is 1. The molecule has 3 rings (SSSR count). The van der Waals surface area contributed by atoms with Crippen molar-refractivity contribution < 1.29 is 4.79 Å². The fourth-order valence-corrected chi connectivity index (χ4v) is 2.87. The summed E-state index contributed by atoms with van der Waals surface area (Å²) >= 11 is 0. The second-order valence-electron chi connectivity index (χ2n) is 5.90. The third kappa shape index (κ3) is 6.65. The van der Waals surface area contributed by atoms with Gasteiger partial charge in [-0.25, -0.2) is 0 Å². The number of carbonyl (C=O) groups excluding carboxylic acids is 1. The third-order valence-corrected chi connectivity index (χ3v) is 4.11. The fraction of sp³-hybridized carbons (Fsp3) is 0.471. The zero-order valence-electron chi connectivity index (χ0n) is 14.1. The van der Waals surface area contributed by atoms with Crippen LogP contribution in [0.15, 0.2) is 36.7 Å². The smallest absolute Gasteiger partial charge is 0.241 e. The lowest BCUT2D eigenvalue weighted by Crippen LogP contribution is -2.30. The summed E-state index contributed by atoms with van der Waals surface area (Å²) in [7, 11) is 0. The van der Waals surface area contributed by atoms with Crippen LogP contribution in [0, 0.1) is 0 Å². The van der Waals surface area contributed by atoms with Gasteiger partial charge in [-0.2, -0.15) is 5.10 Å². The van der Waals surface area contributed by atoms with Crippen molar-refractivity contribution in [3.8, 4) is 0 Å². The molecule has 0 aromatic carbocycles. The van der Waals surface area contributed by atoms with Crippen LogP contribution in [0.2, 0.25) is 0 Å². The monoisotopic (exact) mass is 385 g/mol. The van der Waals surface area contributed by atoms with E-state index >= 15 is 0 Å². The van der Waals surface area contributed by atoms with Gasteiger partial charge in [0, 0.05) is 43.5 Å². The van der Waals surface area contributed by atoms with Gasteiger partial charge < -0.3 is 10.6 Å². The molecule has 2 N–H and O–H groups in total. The number of amides is 1. The first kappa shape index (κ1) is 21.4. The maximum absolute atomic E-state index is 12.0. The van der Waals surface area contributed by atoms with E-state index in [1.807, 2.05) is 30.5 Å². The van der Waals surface area contributed by atoms with Crippen LogP contribution >= 0.6 is 24.8 Å². The lowest BCUT2D eigenvalue weighted by atomic mass is 9.97. The zero-order valence-corrected chi connectivity index (χ0v) is 15.7. The third-order valence-electron chi connectivity index (χ3n) is 4.11. The molecule has 0 spiro atoms. The van der Waals surface area contributed by atoms with Crippen LogP contribution in [0.4, 0.5) is 0 Å². The molecule has 6 nitrogen and oxygen atoms in total. The van der Waals surface area contributed by atoms with E-state index in [9.17, 15) is 4.79 Å². The van der Waals surface area contributed by atoms with E-state index in [1.54, 1.807) is 10.9 Å². The first-order chi connectivity index (χ1) is 11.3. The van der Waals surface area contributed by atoms with Gasteiger partial charge in [-0.3, -0.25) is 14.5 Å². The SMILES string of the molecule is Cl.Cl.O=C(Cn1ccc(C2CCCNC2)n1)NCCc1ccccn1. The van der Waals surface area contributed by atoms with Crippen LogP contribution in [0.3, 0.4) is 0 Å². The Labute approximate surface area is 160 Å². The Morgan fingerprint density at radius 3 is 2.92 bits per heavy atom. The predicted molar refractivity (Wildman–Crippen MR) is 103 cm³/mol. The molecule has 1 unspecified atom stereocenters. The normalized spacial score (nSPS) is 16.4. The fourth-order valence-electron chi connectivity index (χ4n) is 2.87. The molecule has 1 aliphatic rings. The molecule has 1 saturated heterocycles. The molecule has 3 heterocycles. The second kappa shape index (κ2) is 11.1. The van der Waals surface area contributed by atoms with Crippen LogP contribution in [-0.4, -0.2) is 40.3 Å². The Balaban J connectivity index is 0.00000156. The van der Waals surface area contributed by atoms with Gasteiger partial charge >= 0.3 is 0 Å². The Kier molecular flexibility index (Phi) is 9.49. The van der Waals surface area contributed by atoms with Crippen molar-refractivity contribution in [2.45, 2.75) is 31.7 Å². The Hall–Kier alpha value is -1.63. The van der Waals surface area contributed by atoms with E-state index in [-0.39, 0.29) is 37.3 Å². The lowest BCUT2D eigenvalue weighted by molar-refractivity contribution is -0.121. The van der Waals surface area contributed by atoms with Gasteiger partial charge in [0.15, 0.2) is 0 Å². The summed E-state index contributed by atoms with van der Waals surface area (Å²) in [4.78, 5) is 16.2. The molecular formula is C17H25Cl2N5O. The highest BCUT2D eigenvalue weighted by Gasteiger charge is 2.17. The first-order valence-corrected chi connectivity index (χ1v) is 8.22. The van der Waals surface area contributed by atoms with E-state index in [0.717, 1.165) is 30.9 Å². The minimum atomic E-state index is -0.0163. The highest BCUT2D eigenvalue weighted by Crippen LogP contribution is 2.21. The number of nitrogens with one attached hydrogen (secondary N) is 2. The van der Waals surface area contributed by atoms with Gasteiger partial charge in [-0.1, -0.05) is 6.07 Å². The zero-order chi connectivity index (χ0) is 15.9. The van der Waals surface area contributed by atoms with Gasteiger partial charge in [-0.15, -0.1) is 24.8 Å². The number of nitrogens with zero attached hydrogens (tertiary/aromatic N) is 3. The molecule has 1 aliphatic heterocycles. The van der Waals surface area contributed by atoms with Crippen LogP contribution in [0.1, 0.15) is 30.1 Å². The van der Waals surface area contributed by atoms with Crippen molar-refractivity contribution in [2.24, 2.45) is 0 Å². The molecule has 1 amide bonds. The van der Waals surface area contributed by atoms with Gasteiger partial charge in [0.2, 0.25) is 5.91 Å². The molecule has 138 valence electrons. The Bertz CT molecular complexity index is 629. The van der Waals surface area contributed by atoms with Crippen molar-refractivity contribution in [3.05, 3.63) is 48.0 Å². The standard InChI is InChI=1S/C17H23N5O.2ClH/c23-17(20-10-6-15-5-1-2-9-19-15)13-22-11-7-16(21-22)14-4-3-8-18-12-14;;/h1-2,5,7,9,11,14,18H,3-4,6,8,10,12-13H2,(H,20,23);2*1H. The highest BCUT2D eigenvalue weighted by atomic mass is 35.5. The Morgan fingerprint density at radius 2 is 2.20 bits per heavy atom. The second-order valence-corrected chi connectivity index (χ2v) is 5.90. The summed E-state index contributed by atoms with van der Waals surface area (Å²) < 4.78 is 1.72. The van der Waals surface area contributed by atoms with E-state index < -0.39 is 0 Å². The quantitative estimate of drug-likeness (QED) is 0.796. The molecule has 25 heavy (non-hydrogen) atoms. The van der Waals surface area contributed by atoms with E-state index in [4.69, 9.17) is 0 Å². The minimum absolute atomic E-state index is 0. The number of piperidine rings is 1.